The number of carbonyl (C=O) groups excluding carboxylic acids is 1. The lowest BCUT2D eigenvalue weighted by Gasteiger charge is -2.24. The predicted molar refractivity (Wildman–Crippen MR) is 85.5 cm³/mol. The molecular formula is C16H28N4O2. The van der Waals surface area contributed by atoms with Crippen molar-refractivity contribution in [3.05, 3.63) is 18.0 Å². The Bertz CT molecular complexity index is 506. The maximum absolute atomic E-state index is 12.0. The van der Waals surface area contributed by atoms with Gasteiger partial charge in [0.1, 0.15) is 5.60 Å². The summed E-state index contributed by atoms with van der Waals surface area (Å²) >= 11 is 0. The molecule has 1 N–H and O–H groups in total. The van der Waals surface area contributed by atoms with Gasteiger partial charge in [0.05, 0.1) is 6.20 Å². The van der Waals surface area contributed by atoms with Crippen molar-refractivity contribution in [1.82, 2.24) is 20.0 Å². The molecule has 2 unspecified atom stereocenters. The molecule has 0 bridgehead atoms. The van der Waals surface area contributed by atoms with Gasteiger partial charge < -0.3 is 15.0 Å². The highest BCUT2D eigenvalue weighted by atomic mass is 16.6. The van der Waals surface area contributed by atoms with Crippen molar-refractivity contribution in [3.8, 4) is 0 Å². The van der Waals surface area contributed by atoms with Crippen LogP contribution < -0.4 is 5.32 Å². The number of nitrogens with one attached hydrogen (secondary N) is 1. The number of carbonyl (C=O) groups is 1. The molecular weight excluding hydrogens is 280 g/mol. The second-order valence-electron chi connectivity index (χ2n) is 7.16. The highest BCUT2D eigenvalue weighted by molar-refractivity contribution is 5.68. The number of aryl methyl sites for hydroxylation is 1. The molecule has 1 fully saturated rings. The van der Waals surface area contributed by atoms with Crippen molar-refractivity contribution < 1.29 is 9.53 Å². The summed E-state index contributed by atoms with van der Waals surface area (Å²) < 4.78 is 7.24. The topological polar surface area (TPSA) is 59.4 Å². The van der Waals surface area contributed by atoms with Crippen molar-refractivity contribution >= 4 is 6.09 Å². The Morgan fingerprint density at radius 1 is 1.55 bits per heavy atom. The van der Waals surface area contributed by atoms with Crippen LogP contribution in [0, 0.1) is 5.92 Å². The smallest absolute Gasteiger partial charge is 0.410 e. The minimum Gasteiger partial charge on any atom is -0.444 e. The molecule has 6 nitrogen and oxygen atoms in total. The zero-order chi connectivity index (χ0) is 16.3. The number of hydrogen-bond donors (Lipinski definition) is 1. The van der Waals surface area contributed by atoms with Crippen molar-refractivity contribution in [2.45, 2.75) is 45.8 Å². The molecule has 2 atom stereocenters. The standard InChI is InChI=1S/C16H28N4O2/c1-12(14-9-18-19(5)11-14)17-8-13-6-7-20(10-13)15(21)22-16(2,3)4/h9,11-13,17H,6-8,10H2,1-5H3. The summed E-state index contributed by atoms with van der Waals surface area (Å²) in [6, 6.07) is 0.268. The van der Waals surface area contributed by atoms with E-state index in [0.717, 1.165) is 26.1 Å². The Morgan fingerprint density at radius 3 is 2.86 bits per heavy atom. The number of nitrogens with zero attached hydrogens (tertiary/aromatic N) is 3. The number of rotatable bonds is 4. The average Bonchev–Trinajstić information content (AvgIpc) is 3.02. The van der Waals surface area contributed by atoms with Gasteiger partial charge in [-0.3, -0.25) is 4.68 Å². The predicted octanol–water partition coefficient (Wildman–Crippen LogP) is 2.33. The fourth-order valence-electron chi connectivity index (χ4n) is 2.62. The Kier molecular flexibility index (Phi) is 5.11. The first kappa shape index (κ1) is 16.8. The molecule has 0 spiro atoms. The second kappa shape index (κ2) is 6.69. The van der Waals surface area contributed by atoms with Crippen LogP contribution in [0.15, 0.2) is 12.4 Å². The molecule has 6 heteroatoms. The number of hydrogen-bond acceptors (Lipinski definition) is 4. The second-order valence-corrected chi connectivity index (χ2v) is 7.16. The Labute approximate surface area is 132 Å². The quantitative estimate of drug-likeness (QED) is 0.927. The molecule has 1 aromatic rings. The first-order valence-corrected chi connectivity index (χ1v) is 7.94. The van der Waals surface area contributed by atoms with Gasteiger partial charge in [0.15, 0.2) is 0 Å². The van der Waals surface area contributed by atoms with Crippen LogP contribution in [-0.2, 0) is 11.8 Å². The van der Waals surface area contributed by atoms with E-state index in [4.69, 9.17) is 4.74 Å². The number of aromatic nitrogens is 2. The van der Waals surface area contributed by atoms with Gasteiger partial charge in [0.25, 0.3) is 0 Å². The van der Waals surface area contributed by atoms with Crippen LogP contribution in [-0.4, -0.2) is 46.0 Å². The SMILES string of the molecule is CC(NCC1CCN(C(=O)OC(C)(C)C)C1)c1cnn(C)c1. The molecule has 2 rings (SSSR count). The van der Waals surface area contributed by atoms with E-state index in [2.05, 4.69) is 17.3 Å². The van der Waals surface area contributed by atoms with Crippen LogP contribution in [0.1, 0.15) is 45.7 Å². The van der Waals surface area contributed by atoms with Gasteiger partial charge in [-0.1, -0.05) is 0 Å². The molecule has 1 amide bonds. The zero-order valence-corrected chi connectivity index (χ0v) is 14.3. The Morgan fingerprint density at radius 2 is 2.27 bits per heavy atom. The summed E-state index contributed by atoms with van der Waals surface area (Å²) in [6.07, 6.45) is 4.74. The molecule has 1 saturated heterocycles. The minimum absolute atomic E-state index is 0.199. The first-order chi connectivity index (χ1) is 10.2. The summed E-state index contributed by atoms with van der Waals surface area (Å²) in [6.45, 7) is 10.3. The van der Waals surface area contributed by atoms with Crippen molar-refractivity contribution in [1.29, 1.82) is 0 Å². The van der Waals surface area contributed by atoms with Crippen LogP contribution >= 0.6 is 0 Å². The highest BCUT2D eigenvalue weighted by Crippen LogP contribution is 2.20. The fraction of sp³-hybridized carbons (Fsp3) is 0.750. The molecule has 124 valence electrons. The van der Waals surface area contributed by atoms with Gasteiger partial charge in [-0.15, -0.1) is 0 Å². The summed E-state index contributed by atoms with van der Waals surface area (Å²) in [7, 11) is 1.92. The minimum atomic E-state index is -0.428. The number of likely N-dealkylation sites (tertiary alicyclic amines) is 1. The third kappa shape index (κ3) is 4.73. The van der Waals surface area contributed by atoms with Crippen LogP contribution in [0.4, 0.5) is 4.79 Å². The van der Waals surface area contributed by atoms with E-state index in [-0.39, 0.29) is 12.1 Å². The van der Waals surface area contributed by atoms with E-state index in [0.29, 0.717) is 5.92 Å². The van der Waals surface area contributed by atoms with E-state index in [9.17, 15) is 4.79 Å². The fourth-order valence-corrected chi connectivity index (χ4v) is 2.62. The molecule has 0 aromatic carbocycles. The molecule has 0 aliphatic carbocycles. The van der Waals surface area contributed by atoms with Crippen LogP contribution in [0.2, 0.25) is 0 Å². The third-order valence-electron chi connectivity index (χ3n) is 3.88. The van der Waals surface area contributed by atoms with Gasteiger partial charge in [-0.05, 0) is 40.0 Å². The molecule has 1 aliphatic rings. The van der Waals surface area contributed by atoms with Gasteiger partial charge in [-0.2, -0.15) is 5.10 Å². The Hall–Kier alpha value is -1.56. The molecule has 1 aliphatic heterocycles. The summed E-state index contributed by atoms with van der Waals surface area (Å²) in [4.78, 5) is 13.9. The zero-order valence-electron chi connectivity index (χ0n) is 14.3. The lowest BCUT2D eigenvalue weighted by atomic mass is 10.1. The molecule has 2 heterocycles. The Balaban J connectivity index is 1.75. The number of ether oxygens (including phenoxy) is 1. The van der Waals surface area contributed by atoms with Crippen molar-refractivity contribution in [2.75, 3.05) is 19.6 Å². The van der Waals surface area contributed by atoms with Gasteiger partial charge in [0, 0.05) is 44.5 Å². The van der Waals surface area contributed by atoms with E-state index in [1.54, 1.807) is 0 Å². The van der Waals surface area contributed by atoms with E-state index in [1.165, 1.54) is 5.56 Å². The van der Waals surface area contributed by atoms with Gasteiger partial charge >= 0.3 is 6.09 Å². The van der Waals surface area contributed by atoms with Gasteiger partial charge in [-0.25, -0.2) is 4.79 Å². The van der Waals surface area contributed by atoms with E-state index in [1.807, 2.05) is 49.8 Å². The van der Waals surface area contributed by atoms with E-state index >= 15 is 0 Å². The maximum Gasteiger partial charge on any atom is 0.410 e. The lowest BCUT2D eigenvalue weighted by molar-refractivity contribution is 0.0288. The number of amides is 1. The monoisotopic (exact) mass is 308 g/mol. The summed E-state index contributed by atoms with van der Waals surface area (Å²) in [5, 5.41) is 7.72. The molecule has 1 aromatic heterocycles. The normalized spacial score (nSPS) is 20.2. The van der Waals surface area contributed by atoms with Crippen molar-refractivity contribution in [3.63, 3.8) is 0 Å². The van der Waals surface area contributed by atoms with Crippen molar-refractivity contribution in [2.24, 2.45) is 13.0 Å². The average molecular weight is 308 g/mol. The molecule has 0 saturated carbocycles. The highest BCUT2D eigenvalue weighted by Gasteiger charge is 2.29. The molecule has 0 radical (unpaired) electrons. The largest absolute Gasteiger partial charge is 0.444 e. The van der Waals surface area contributed by atoms with Crippen LogP contribution in [0.25, 0.3) is 0 Å². The first-order valence-electron chi connectivity index (χ1n) is 7.94. The van der Waals surface area contributed by atoms with Gasteiger partial charge in [0.2, 0.25) is 0 Å². The molecule has 22 heavy (non-hydrogen) atoms. The van der Waals surface area contributed by atoms with E-state index < -0.39 is 5.60 Å². The summed E-state index contributed by atoms with van der Waals surface area (Å²) in [5.74, 6) is 0.478. The van der Waals surface area contributed by atoms with Crippen LogP contribution in [0.5, 0.6) is 0 Å². The van der Waals surface area contributed by atoms with Crippen LogP contribution in [0.3, 0.4) is 0 Å². The third-order valence-corrected chi connectivity index (χ3v) is 3.88. The lowest BCUT2D eigenvalue weighted by Crippen LogP contribution is -2.36. The summed E-state index contributed by atoms with van der Waals surface area (Å²) in [5.41, 5.74) is 0.756. The maximum atomic E-state index is 12.0.